The number of nitrogens with one attached hydrogen (secondary N) is 2. The minimum atomic E-state index is -0.633. The molecule has 0 aliphatic heterocycles. The predicted molar refractivity (Wildman–Crippen MR) is 119 cm³/mol. The van der Waals surface area contributed by atoms with Crippen LogP contribution in [0.5, 0.6) is 17.2 Å². The third kappa shape index (κ3) is 5.01. The lowest BCUT2D eigenvalue weighted by Gasteiger charge is -2.15. The van der Waals surface area contributed by atoms with Gasteiger partial charge in [-0.1, -0.05) is 12.1 Å². The average Bonchev–Trinajstić information content (AvgIpc) is 2.83. The van der Waals surface area contributed by atoms with Crippen molar-refractivity contribution >= 4 is 34.8 Å². The molecule has 33 heavy (non-hydrogen) atoms. The van der Waals surface area contributed by atoms with Gasteiger partial charge in [-0.15, -0.1) is 0 Å². The lowest BCUT2D eigenvalue weighted by molar-refractivity contribution is -0.384. The van der Waals surface area contributed by atoms with E-state index in [1.54, 1.807) is 30.3 Å². The fourth-order valence-electron chi connectivity index (χ4n) is 2.95. The molecule has 0 fully saturated rings. The van der Waals surface area contributed by atoms with Gasteiger partial charge in [0.05, 0.1) is 44.6 Å². The van der Waals surface area contributed by atoms with Gasteiger partial charge in [0.15, 0.2) is 11.5 Å². The zero-order valence-electron chi connectivity index (χ0n) is 18.2. The Morgan fingerprint density at radius 1 is 1.00 bits per heavy atom. The first-order valence-corrected chi connectivity index (χ1v) is 9.44. The summed E-state index contributed by atoms with van der Waals surface area (Å²) in [6.07, 6.45) is 1.05. The van der Waals surface area contributed by atoms with E-state index in [0.29, 0.717) is 22.9 Å². The fraction of sp³-hybridized carbons (Fsp3) is 0.190. The molecular weight excluding hydrogens is 434 g/mol. The Balaban J connectivity index is 2.00. The van der Waals surface area contributed by atoms with E-state index < -0.39 is 10.9 Å². The molecule has 0 aliphatic rings. The van der Waals surface area contributed by atoms with Crippen LogP contribution in [0.25, 0.3) is 0 Å². The average molecular weight is 455 g/mol. The van der Waals surface area contributed by atoms with E-state index in [4.69, 9.17) is 18.9 Å². The van der Waals surface area contributed by atoms with Crippen LogP contribution in [0.2, 0.25) is 0 Å². The summed E-state index contributed by atoms with van der Waals surface area (Å²) in [4.78, 5) is 31.2. The Morgan fingerprint density at radius 2 is 1.67 bits per heavy atom. The summed E-state index contributed by atoms with van der Waals surface area (Å²) >= 11 is 0. The van der Waals surface area contributed by atoms with Gasteiger partial charge in [-0.2, -0.15) is 4.98 Å². The van der Waals surface area contributed by atoms with Crippen molar-refractivity contribution in [3.63, 3.8) is 0 Å². The van der Waals surface area contributed by atoms with Crippen molar-refractivity contribution in [1.29, 1.82) is 0 Å². The number of anilines is 4. The number of nitrogens with zero attached hydrogens (tertiary/aromatic N) is 3. The Bertz CT molecular complexity index is 1160. The van der Waals surface area contributed by atoms with Crippen LogP contribution >= 0.6 is 0 Å². The van der Waals surface area contributed by atoms with Gasteiger partial charge in [0.2, 0.25) is 17.5 Å². The van der Waals surface area contributed by atoms with Crippen molar-refractivity contribution in [2.75, 3.05) is 39.1 Å². The van der Waals surface area contributed by atoms with E-state index in [9.17, 15) is 14.9 Å². The van der Waals surface area contributed by atoms with Gasteiger partial charge in [0.1, 0.15) is 6.20 Å². The molecule has 1 heterocycles. The molecule has 3 aromatic rings. The molecule has 0 saturated carbocycles. The second-order valence-corrected chi connectivity index (χ2v) is 6.39. The number of methoxy groups -OCH3 is 4. The van der Waals surface area contributed by atoms with Crippen LogP contribution in [0.1, 0.15) is 10.4 Å². The van der Waals surface area contributed by atoms with Crippen molar-refractivity contribution < 1.29 is 28.7 Å². The molecule has 0 aliphatic carbocycles. The van der Waals surface area contributed by atoms with Gasteiger partial charge in [-0.25, -0.2) is 9.78 Å². The second-order valence-electron chi connectivity index (χ2n) is 6.39. The standard InChI is InChI=1S/C21H21N5O7/c1-30-16-9-12(10-17(31-2)18(16)32-3)23-21-22-11-15(26(28)29)19(25-21)24-14-8-6-5-7-13(14)20(27)33-4/h5-11H,1-4H3,(H2,22,23,24,25). The van der Waals surface area contributed by atoms with E-state index in [0.717, 1.165) is 6.20 Å². The van der Waals surface area contributed by atoms with E-state index in [1.807, 2.05) is 0 Å². The summed E-state index contributed by atoms with van der Waals surface area (Å²) in [5.74, 6) is 0.509. The number of rotatable bonds is 9. The van der Waals surface area contributed by atoms with Crippen molar-refractivity contribution in [3.05, 3.63) is 58.3 Å². The third-order valence-corrected chi connectivity index (χ3v) is 4.47. The molecule has 3 rings (SSSR count). The third-order valence-electron chi connectivity index (χ3n) is 4.47. The molecule has 0 radical (unpaired) electrons. The smallest absolute Gasteiger partial charge is 0.339 e. The summed E-state index contributed by atoms with van der Waals surface area (Å²) in [5, 5.41) is 17.3. The number of hydrogen-bond donors (Lipinski definition) is 2. The van der Waals surface area contributed by atoms with Crippen LogP contribution in [0.15, 0.2) is 42.6 Å². The van der Waals surface area contributed by atoms with E-state index in [-0.39, 0.29) is 28.7 Å². The largest absolute Gasteiger partial charge is 0.493 e. The van der Waals surface area contributed by atoms with Gasteiger partial charge < -0.3 is 29.6 Å². The molecule has 0 amide bonds. The topological polar surface area (TPSA) is 147 Å². The minimum Gasteiger partial charge on any atom is -0.493 e. The highest BCUT2D eigenvalue weighted by Crippen LogP contribution is 2.40. The molecular formula is C21H21N5O7. The monoisotopic (exact) mass is 455 g/mol. The van der Waals surface area contributed by atoms with Crippen LogP contribution in [-0.4, -0.2) is 49.3 Å². The number of aromatic nitrogens is 2. The maximum Gasteiger partial charge on any atom is 0.339 e. The van der Waals surface area contributed by atoms with Gasteiger partial charge in [0, 0.05) is 17.8 Å². The first kappa shape index (κ1) is 23.1. The molecule has 2 N–H and O–H groups in total. The van der Waals surface area contributed by atoms with E-state index in [2.05, 4.69) is 20.6 Å². The van der Waals surface area contributed by atoms with E-state index >= 15 is 0 Å². The summed E-state index contributed by atoms with van der Waals surface area (Å²) < 4.78 is 20.7. The number of benzene rings is 2. The van der Waals surface area contributed by atoms with Gasteiger partial charge >= 0.3 is 11.7 Å². The maximum atomic E-state index is 12.0. The fourth-order valence-corrected chi connectivity index (χ4v) is 2.95. The predicted octanol–water partition coefficient (Wildman–Crippen LogP) is 3.68. The quantitative estimate of drug-likeness (QED) is 0.276. The zero-order chi connectivity index (χ0) is 24.0. The van der Waals surface area contributed by atoms with Crippen LogP contribution in [0, 0.1) is 10.1 Å². The SMILES string of the molecule is COC(=O)c1ccccc1Nc1nc(Nc2cc(OC)c(OC)c(OC)c2)ncc1[N+](=O)[O-]. The molecule has 12 heteroatoms. The summed E-state index contributed by atoms with van der Waals surface area (Å²) in [5.41, 5.74) is 0.571. The molecule has 172 valence electrons. The van der Waals surface area contributed by atoms with Gasteiger partial charge in [0.25, 0.3) is 0 Å². The summed E-state index contributed by atoms with van der Waals surface area (Å²) in [7, 11) is 5.68. The van der Waals surface area contributed by atoms with Gasteiger partial charge in [-0.05, 0) is 12.1 Å². The number of carbonyl (C=O) groups excluding carboxylic acids is 1. The molecule has 0 spiro atoms. The van der Waals surface area contributed by atoms with Gasteiger partial charge in [-0.3, -0.25) is 10.1 Å². The molecule has 0 saturated heterocycles. The second kappa shape index (κ2) is 10.1. The molecule has 1 aromatic heterocycles. The highest BCUT2D eigenvalue weighted by atomic mass is 16.6. The van der Waals surface area contributed by atoms with E-state index in [1.165, 1.54) is 34.5 Å². The number of esters is 1. The molecule has 0 unspecified atom stereocenters. The lowest BCUT2D eigenvalue weighted by Crippen LogP contribution is -2.08. The number of carbonyl (C=O) groups is 1. The van der Waals surface area contributed by atoms with Crippen molar-refractivity contribution in [2.24, 2.45) is 0 Å². The molecule has 2 aromatic carbocycles. The lowest BCUT2D eigenvalue weighted by atomic mass is 10.2. The summed E-state index contributed by atoms with van der Waals surface area (Å²) in [6.45, 7) is 0. The van der Waals surface area contributed by atoms with Crippen LogP contribution < -0.4 is 24.8 Å². The Labute approximate surface area is 188 Å². The Morgan fingerprint density at radius 3 is 2.24 bits per heavy atom. The highest BCUT2D eigenvalue weighted by Gasteiger charge is 2.21. The summed E-state index contributed by atoms with van der Waals surface area (Å²) in [6, 6.07) is 9.67. The van der Waals surface area contributed by atoms with Crippen molar-refractivity contribution in [3.8, 4) is 17.2 Å². The molecule has 12 nitrogen and oxygen atoms in total. The maximum absolute atomic E-state index is 12.0. The molecule has 0 atom stereocenters. The Hall–Kier alpha value is -4.61. The number of nitro groups is 1. The number of ether oxygens (including phenoxy) is 4. The number of hydrogen-bond acceptors (Lipinski definition) is 11. The minimum absolute atomic E-state index is 0.0490. The Kier molecular flexibility index (Phi) is 7.08. The van der Waals surface area contributed by atoms with Crippen molar-refractivity contribution in [2.45, 2.75) is 0 Å². The highest BCUT2D eigenvalue weighted by molar-refractivity contribution is 5.96. The van der Waals surface area contributed by atoms with Crippen molar-refractivity contribution in [1.82, 2.24) is 9.97 Å². The zero-order valence-corrected chi connectivity index (χ0v) is 18.2. The normalized spacial score (nSPS) is 10.2. The first-order valence-electron chi connectivity index (χ1n) is 9.44. The van der Waals surface area contributed by atoms with Crippen LogP contribution in [-0.2, 0) is 4.74 Å². The van der Waals surface area contributed by atoms with Crippen LogP contribution in [0.4, 0.5) is 28.8 Å². The first-order chi connectivity index (χ1) is 15.9. The molecule has 0 bridgehead atoms. The van der Waals surface area contributed by atoms with Crippen LogP contribution in [0.3, 0.4) is 0 Å². The number of para-hydroxylation sites is 1.